The van der Waals surface area contributed by atoms with Crippen molar-refractivity contribution in [2.75, 3.05) is 7.05 Å². The van der Waals surface area contributed by atoms with Crippen molar-refractivity contribution in [3.8, 4) is 0 Å². The van der Waals surface area contributed by atoms with E-state index in [1.54, 1.807) is 7.05 Å². The highest BCUT2D eigenvalue weighted by atomic mass is 16.1. The molecule has 3 heteroatoms. The summed E-state index contributed by atoms with van der Waals surface area (Å²) in [7, 11) is 1.58. The first-order valence-electron chi connectivity index (χ1n) is 4.54. The second-order valence-electron chi connectivity index (χ2n) is 2.59. The molecule has 0 N–H and O–H groups in total. The standard InChI is InChI=1S/C10H16N2O/c1-4-6-7-9(10(13)5-2)12-8-11-3/h7H,4-6H2,1-3H3. The number of Topliss-reactive ketones (excluding diaryl/α,β-unsaturated/α-hetero) is 1. The van der Waals surface area contributed by atoms with Crippen molar-refractivity contribution in [3.05, 3.63) is 11.8 Å². The third-order valence-corrected chi connectivity index (χ3v) is 1.50. The van der Waals surface area contributed by atoms with Gasteiger partial charge in [-0.2, -0.15) is 4.99 Å². The van der Waals surface area contributed by atoms with Gasteiger partial charge in [0.15, 0.2) is 5.78 Å². The van der Waals surface area contributed by atoms with Crippen LogP contribution in [-0.2, 0) is 4.79 Å². The van der Waals surface area contributed by atoms with Crippen LogP contribution in [0.15, 0.2) is 21.8 Å². The minimum atomic E-state index is 0.0459. The first-order valence-corrected chi connectivity index (χ1v) is 4.54. The smallest absolute Gasteiger partial charge is 0.181 e. The van der Waals surface area contributed by atoms with Crippen molar-refractivity contribution < 1.29 is 4.79 Å². The Labute approximate surface area is 79.3 Å². The summed E-state index contributed by atoms with van der Waals surface area (Å²) in [6.45, 7) is 3.88. The number of hydrogen-bond donors (Lipinski definition) is 0. The molecule has 0 aromatic carbocycles. The van der Waals surface area contributed by atoms with Crippen LogP contribution in [0.5, 0.6) is 0 Å². The summed E-state index contributed by atoms with van der Waals surface area (Å²) < 4.78 is 0. The maximum absolute atomic E-state index is 11.3. The predicted octanol–water partition coefficient (Wildman–Crippen LogP) is 2.45. The molecular formula is C10H16N2O. The quantitative estimate of drug-likeness (QED) is 0.473. The molecule has 3 nitrogen and oxygen atoms in total. The number of carbonyl (C=O) groups is 1. The topological polar surface area (TPSA) is 41.8 Å². The zero-order valence-electron chi connectivity index (χ0n) is 8.50. The van der Waals surface area contributed by atoms with Gasteiger partial charge in [-0.05, 0) is 6.42 Å². The van der Waals surface area contributed by atoms with Gasteiger partial charge in [0.2, 0.25) is 0 Å². The Morgan fingerprint density at radius 1 is 1.46 bits per heavy atom. The van der Waals surface area contributed by atoms with Crippen LogP contribution in [0.1, 0.15) is 33.1 Å². The Kier molecular flexibility index (Phi) is 6.75. The number of aliphatic imine (C=N–C) groups is 2. The van der Waals surface area contributed by atoms with E-state index in [2.05, 4.69) is 22.9 Å². The van der Waals surface area contributed by atoms with Crippen LogP contribution in [0, 0.1) is 0 Å². The normalized spacial score (nSPS) is 10.5. The van der Waals surface area contributed by atoms with Gasteiger partial charge < -0.3 is 0 Å². The van der Waals surface area contributed by atoms with Gasteiger partial charge in [0.05, 0.1) is 6.01 Å². The molecule has 13 heavy (non-hydrogen) atoms. The van der Waals surface area contributed by atoms with Gasteiger partial charge in [-0.1, -0.05) is 26.3 Å². The number of ketones is 1. The molecule has 0 saturated heterocycles. The summed E-state index contributed by atoms with van der Waals surface area (Å²) in [6, 6.07) is 2.43. The highest BCUT2D eigenvalue weighted by Gasteiger charge is 2.03. The molecule has 0 aliphatic carbocycles. The number of nitrogens with zero attached hydrogens (tertiary/aromatic N) is 2. The van der Waals surface area contributed by atoms with Gasteiger partial charge in [0, 0.05) is 13.5 Å². The highest BCUT2D eigenvalue weighted by molar-refractivity contribution is 5.95. The molecule has 0 atom stereocenters. The average Bonchev–Trinajstić information content (AvgIpc) is 2.17. The lowest BCUT2D eigenvalue weighted by Gasteiger charge is -1.94. The van der Waals surface area contributed by atoms with E-state index in [9.17, 15) is 4.79 Å². The monoisotopic (exact) mass is 180 g/mol. The molecule has 0 amide bonds. The second-order valence-corrected chi connectivity index (χ2v) is 2.59. The van der Waals surface area contributed by atoms with Gasteiger partial charge in [0.1, 0.15) is 5.70 Å². The maximum Gasteiger partial charge on any atom is 0.181 e. The lowest BCUT2D eigenvalue weighted by molar-refractivity contribution is -0.115. The predicted molar refractivity (Wildman–Crippen MR) is 54.1 cm³/mol. The van der Waals surface area contributed by atoms with Crippen LogP contribution in [0.4, 0.5) is 0 Å². The van der Waals surface area contributed by atoms with Crippen LogP contribution in [0.25, 0.3) is 0 Å². The summed E-state index contributed by atoms with van der Waals surface area (Å²) in [5, 5.41) is 0. The van der Waals surface area contributed by atoms with Crippen LogP contribution in [0.2, 0.25) is 0 Å². The number of hydrogen-bond acceptors (Lipinski definition) is 3. The molecular weight excluding hydrogens is 164 g/mol. The molecule has 0 aromatic rings. The Morgan fingerprint density at radius 3 is 2.62 bits per heavy atom. The van der Waals surface area contributed by atoms with Crippen molar-refractivity contribution >= 4 is 11.8 Å². The lowest BCUT2D eigenvalue weighted by atomic mass is 10.2. The van der Waals surface area contributed by atoms with E-state index in [0.29, 0.717) is 12.1 Å². The largest absolute Gasteiger partial charge is 0.292 e. The minimum absolute atomic E-state index is 0.0459. The highest BCUT2D eigenvalue weighted by Crippen LogP contribution is 2.04. The molecule has 0 fully saturated rings. The Morgan fingerprint density at radius 2 is 2.15 bits per heavy atom. The number of rotatable bonds is 5. The van der Waals surface area contributed by atoms with E-state index in [-0.39, 0.29) is 5.78 Å². The molecule has 0 saturated carbocycles. The van der Waals surface area contributed by atoms with E-state index in [1.807, 2.05) is 13.0 Å². The SMILES string of the molecule is CCCC=C(N=C=NC)C(=O)CC. The summed E-state index contributed by atoms with van der Waals surface area (Å²) in [5.74, 6) is 0.0459. The van der Waals surface area contributed by atoms with Crippen molar-refractivity contribution in [2.45, 2.75) is 33.1 Å². The van der Waals surface area contributed by atoms with E-state index >= 15 is 0 Å². The van der Waals surface area contributed by atoms with Crippen LogP contribution < -0.4 is 0 Å². The fourth-order valence-corrected chi connectivity index (χ4v) is 0.788. The first kappa shape index (κ1) is 11.8. The second kappa shape index (κ2) is 7.44. The van der Waals surface area contributed by atoms with Crippen molar-refractivity contribution in [2.24, 2.45) is 9.98 Å². The summed E-state index contributed by atoms with van der Waals surface area (Å²) in [6.07, 6.45) is 4.20. The fourth-order valence-electron chi connectivity index (χ4n) is 0.788. The number of unbranched alkanes of at least 4 members (excludes halogenated alkanes) is 1. The zero-order chi connectivity index (χ0) is 10.1. The van der Waals surface area contributed by atoms with Crippen molar-refractivity contribution in [1.82, 2.24) is 0 Å². The van der Waals surface area contributed by atoms with Gasteiger partial charge >= 0.3 is 0 Å². The van der Waals surface area contributed by atoms with Crippen molar-refractivity contribution in [1.29, 1.82) is 0 Å². The molecule has 72 valence electrons. The molecule has 0 bridgehead atoms. The minimum Gasteiger partial charge on any atom is -0.292 e. The van der Waals surface area contributed by atoms with Crippen LogP contribution in [-0.4, -0.2) is 18.8 Å². The molecule has 0 aliphatic rings. The van der Waals surface area contributed by atoms with Crippen LogP contribution >= 0.6 is 0 Å². The number of allylic oxidation sites excluding steroid dienone is 2. The average molecular weight is 180 g/mol. The van der Waals surface area contributed by atoms with Gasteiger partial charge in [-0.15, -0.1) is 0 Å². The summed E-state index contributed by atoms with van der Waals surface area (Å²) in [5.41, 5.74) is 0.481. The molecule has 0 aliphatic heterocycles. The van der Waals surface area contributed by atoms with Crippen LogP contribution in [0.3, 0.4) is 0 Å². The molecule has 0 radical (unpaired) electrons. The van der Waals surface area contributed by atoms with Gasteiger partial charge in [0.25, 0.3) is 0 Å². The Balaban J connectivity index is 4.54. The first-order chi connectivity index (χ1) is 6.26. The zero-order valence-corrected chi connectivity index (χ0v) is 8.50. The lowest BCUT2D eigenvalue weighted by Crippen LogP contribution is -1.97. The summed E-state index contributed by atoms with van der Waals surface area (Å²) >= 11 is 0. The molecule has 0 unspecified atom stereocenters. The molecule has 0 spiro atoms. The number of carbonyl (C=O) groups excluding carboxylic acids is 1. The Bertz CT molecular complexity index is 244. The third kappa shape index (κ3) is 5.10. The Hall–Kier alpha value is -1.21. The fraction of sp³-hybridized carbons (Fsp3) is 0.600. The van der Waals surface area contributed by atoms with Crippen molar-refractivity contribution in [3.63, 3.8) is 0 Å². The van der Waals surface area contributed by atoms with E-state index in [0.717, 1.165) is 12.8 Å². The van der Waals surface area contributed by atoms with E-state index < -0.39 is 0 Å². The maximum atomic E-state index is 11.3. The van der Waals surface area contributed by atoms with Gasteiger partial charge in [-0.3, -0.25) is 4.79 Å². The van der Waals surface area contributed by atoms with E-state index in [4.69, 9.17) is 0 Å². The third-order valence-electron chi connectivity index (χ3n) is 1.50. The van der Waals surface area contributed by atoms with E-state index in [1.165, 1.54) is 0 Å². The van der Waals surface area contributed by atoms with Gasteiger partial charge in [-0.25, -0.2) is 4.99 Å². The molecule has 0 rings (SSSR count). The molecule has 0 aromatic heterocycles. The molecule has 0 heterocycles. The summed E-state index contributed by atoms with van der Waals surface area (Å²) in [4.78, 5) is 18.7.